The number of benzene rings is 2. The maximum Gasteiger partial charge on any atom is 0.341 e. The number of para-hydroxylation sites is 1. The number of carbonyl (C=O) groups excluding carboxylic acids is 1. The van der Waals surface area contributed by atoms with E-state index in [-0.39, 0.29) is 18.0 Å². The second-order valence-electron chi connectivity index (χ2n) is 7.34. The van der Waals surface area contributed by atoms with Crippen molar-refractivity contribution in [2.45, 2.75) is 18.9 Å². The van der Waals surface area contributed by atoms with E-state index in [9.17, 15) is 4.79 Å². The molecule has 0 bridgehead atoms. The van der Waals surface area contributed by atoms with E-state index in [1.165, 1.54) is 0 Å². The van der Waals surface area contributed by atoms with Gasteiger partial charge < -0.3 is 5.32 Å². The Morgan fingerprint density at radius 1 is 1.10 bits per heavy atom. The molecule has 1 N–H and O–H groups in total. The highest BCUT2D eigenvalue weighted by molar-refractivity contribution is 7.10. The summed E-state index contributed by atoms with van der Waals surface area (Å²) in [6, 6.07) is 18.7. The molecule has 6 nitrogen and oxygen atoms in total. The van der Waals surface area contributed by atoms with E-state index in [2.05, 4.69) is 21.4 Å². The fourth-order valence-corrected chi connectivity index (χ4v) is 4.99. The first-order valence-corrected chi connectivity index (χ1v) is 10.7. The van der Waals surface area contributed by atoms with E-state index >= 15 is 0 Å². The molecule has 0 saturated heterocycles. The highest BCUT2D eigenvalue weighted by Gasteiger charge is 2.35. The molecule has 0 fully saturated rings. The van der Waals surface area contributed by atoms with Crippen molar-refractivity contribution in [3.63, 3.8) is 0 Å². The molecule has 0 radical (unpaired) electrons. The van der Waals surface area contributed by atoms with Gasteiger partial charge in [-0.1, -0.05) is 30.3 Å². The zero-order valence-electron chi connectivity index (χ0n) is 16.6. The summed E-state index contributed by atoms with van der Waals surface area (Å²) in [4.78, 5) is 25.8. The van der Waals surface area contributed by atoms with Gasteiger partial charge >= 0.3 is 6.03 Å². The number of nitriles is 1. The van der Waals surface area contributed by atoms with E-state index in [0.29, 0.717) is 5.56 Å². The summed E-state index contributed by atoms with van der Waals surface area (Å²) >= 11 is 1.55. The van der Waals surface area contributed by atoms with Crippen LogP contribution in [0.1, 0.15) is 35.0 Å². The van der Waals surface area contributed by atoms with Crippen LogP contribution in [0.4, 0.5) is 4.79 Å². The monoisotopic (exact) mass is 423 g/mol. The number of hydrogen-bond acceptors (Lipinski definition) is 5. The number of nitrogens with zero attached hydrogens (tertiary/aromatic N) is 4. The number of thiazole rings is 1. The Kier molecular flexibility index (Phi) is 4.77. The summed E-state index contributed by atoms with van der Waals surface area (Å²) in [5.74, 6) is -0.180. The van der Waals surface area contributed by atoms with Gasteiger partial charge in [0.05, 0.1) is 34.8 Å². The van der Waals surface area contributed by atoms with Crippen LogP contribution in [0, 0.1) is 11.3 Å². The van der Waals surface area contributed by atoms with Crippen molar-refractivity contribution in [1.82, 2.24) is 15.3 Å². The normalized spacial score (nSPS) is 18.3. The van der Waals surface area contributed by atoms with Crippen LogP contribution >= 0.6 is 11.3 Å². The van der Waals surface area contributed by atoms with Gasteiger partial charge in [0.25, 0.3) is 0 Å². The van der Waals surface area contributed by atoms with Gasteiger partial charge in [-0.3, -0.25) is 4.98 Å². The molecule has 2 aromatic heterocycles. The Bertz CT molecular complexity index is 1360. The Labute approximate surface area is 182 Å². The number of aliphatic imine (C=N–C) groups is 1. The number of carbonyl (C=O) groups is 1. The molecule has 1 aliphatic heterocycles. The molecular formula is C24H17N5OS. The first-order valence-electron chi connectivity index (χ1n) is 9.79. The third-order valence-electron chi connectivity index (χ3n) is 5.46. The van der Waals surface area contributed by atoms with Gasteiger partial charge in [0.15, 0.2) is 0 Å². The van der Waals surface area contributed by atoms with E-state index < -0.39 is 0 Å². The topological polar surface area (TPSA) is 91.0 Å². The molecule has 150 valence electrons. The average molecular weight is 424 g/mol. The maximum atomic E-state index is 12.3. The molecule has 2 atom stereocenters. The van der Waals surface area contributed by atoms with E-state index in [4.69, 9.17) is 10.2 Å². The van der Waals surface area contributed by atoms with Crippen molar-refractivity contribution in [3.05, 3.63) is 82.3 Å². The number of urea groups is 1. The highest BCUT2D eigenvalue weighted by Crippen LogP contribution is 2.39. The molecular weight excluding hydrogens is 406 g/mol. The number of aromatic nitrogens is 2. The molecule has 0 saturated carbocycles. The van der Waals surface area contributed by atoms with Crippen LogP contribution in [-0.2, 0) is 0 Å². The molecule has 2 amide bonds. The van der Waals surface area contributed by atoms with E-state index in [1.807, 2.05) is 54.8 Å². The van der Waals surface area contributed by atoms with Crippen LogP contribution in [0.2, 0.25) is 0 Å². The molecule has 7 heteroatoms. The second-order valence-corrected chi connectivity index (χ2v) is 8.23. The molecule has 2 aromatic carbocycles. The van der Waals surface area contributed by atoms with Crippen LogP contribution in [-0.4, -0.2) is 21.7 Å². The summed E-state index contributed by atoms with van der Waals surface area (Å²) < 4.78 is 0. The molecule has 0 spiro atoms. The predicted molar refractivity (Wildman–Crippen MR) is 121 cm³/mol. The lowest BCUT2D eigenvalue weighted by atomic mass is 9.87. The minimum atomic E-state index is -0.344. The molecule has 31 heavy (non-hydrogen) atoms. The summed E-state index contributed by atoms with van der Waals surface area (Å²) in [6.45, 7) is 1.88. The fraction of sp³-hybridized carbons (Fsp3) is 0.125. The van der Waals surface area contributed by atoms with Crippen molar-refractivity contribution in [3.8, 4) is 17.3 Å². The smallest absolute Gasteiger partial charge is 0.328 e. The van der Waals surface area contributed by atoms with Crippen molar-refractivity contribution in [1.29, 1.82) is 5.26 Å². The molecule has 5 rings (SSSR count). The van der Waals surface area contributed by atoms with Crippen molar-refractivity contribution < 1.29 is 4.79 Å². The number of nitrogens with one attached hydrogen (secondary N) is 1. The second kappa shape index (κ2) is 7.74. The summed E-state index contributed by atoms with van der Waals surface area (Å²) in [6.07, 6.45) is 1.77. The van der Waals surface area contributed by atoms with Crippen LogP contribution in [0.25, 0.3) is 22.2 Å². The van der Waals surface area contributed by atoms with Crippen molar-refractivity contribution in [2.24, 2.45) is 4.99 Å². The SMILES string of the molecule is CC1=NC(=O)NC(c2ccnc3ccccc23)C1c1nc(-c2ccc(C#N)cc2)cs1. The Morgan fingerprint density at radius 2 is 1.90 bits per heavy atom. The standard InChI is InChI=1S/C24H17N5OS/c1-14-21(23-28-20(13-31-23)16-8-6-15(12-25)7-9-16)22(29-24(30)27-14)18-10-11-26-19-5-3-2-4-17(18)19/h2-11,13,21-22H,1H3,(H,29,30). The first-order chi connectivity index (χ1) is 15.1. The zero-order chi connectivity index (χ0) is 21.4. The molecule has 2 unspecified atom stereocenters. The zero-order valence-corrected chi connectivity index (χ0v) is 17.4. The fourth-order valence-electron chi connectivity index (χ4n) is 3.97. The summed E-state index contributed by atoms with van der Waals surface area (Å²) in [7, 11) is 0. The third kappa shape index (κ3) is 3.47. The van der Waals surface area contributed by atoms with E-state index in [1.54, 1.807) is 29.7 Å². The van der Waals surface area contributed by atoms with Crippen LogP contribution in [0.15, 0.2) is 71.2 Å². The van der Waals surface area contributed by atoms with Gasteiger partial charge in [0.1, 0.15) is 5.01 Å². The number of fused-ring (bicyclic) bond motifs is 1. The number of rotatable bonds is 3. The van der Waals surface area contributed by atoms with Gasteiger partial charge in [-0.05, 0) is 36.8 Å². The lowest BCUT2D eigenvalue weighted by molar-refractivity contribution is 0.243. The Balaban J connectivity index is 1.59. The number of amides is 2. The number of hydrogen-bond donors (Lipinski definition) is 1. The Morgan fingerprint density at radius 3 is 2.71 bits per heavy atom. The molecule has 3 heterocycles. The lowest BCUT2D eigenvalue weighted by Crippen LogP contribution is -2.38. The maximum absolute atomic E-state index is 12.3. The van der Waals surface area contributed by atoms with Crippen molar-refractivity contribution in [2.75, 3.05) is 0 Å². The first kappa shape index (κ1) is 19.1. The minimum absolute atomic E-state index is 0.180. The van der Waals surface area contributed by atoms with Crippen LogP contribution in [0.5, 0.6) is 0 Å². The van der Waals surface area contributed by atoms with E-state index in [0.717, 1.165) is 38.4 Å². The van der Waals surface area contributed by atoms with Gasteiger partial charge in [-0.15, -0.1) is 11.3 Å². The van der Waals surface area contributed by atoms with Gasteiger partial charge in [0, 0.05) is 28.2 Å². The minimum Gasteiger partial charge on any atom is -0.328 e. The van der Waals surface area contributed by atoms with Crippen LogP contribution < -0.4 is 5.32 Å². The Hall–Kier alpha value is -3.89. The van der Waals surface area contributed by atoms with Gasteiger partial charge in [-0.2, -0.15) is 5.26 Å². The average Bonchev–Trinajstić information content (AvgIpc) is 3.28. The molecule has 4 aromatic rings. The quantitative estimate of drug-likeness (QED) is 0.488. The van der Waals surface area contributed by atoms with Gasteiger partial charge in [-0.25, -0.2) is 14.8 Å². The number of pyridine rings is 1. The highest BCUT2D eigenvalue weighted by atomic mass is 32.1. The largest absolute Gasteiger partial charge is 0.341 e. The third-order valence-corrected chi connectivity index (χ3v) is 6.38. The predicted octanol–water partition coefficient (Wildman–Crippen LogP) is 5.24. The van der Waals surface area contributed by atoms with Crippen LogP contribution in [0.3, 0.4) is 0 Å². The molecule has 1 aliphatic rings. The summed E-state index contributed by atoms with van der Waals surface area (Å²) in [5, 5.41) is 15.9. The molecule has 0 aliphatic carbocycles. The van der Waals surface area contributed by atoms with Crippen molar-refractivity contribution >= 4 is 34.0 Å². The lowest BCUT2D eigenvalue weighted by Gasteiger charge is -2.30. The summed E-state index contributed by atoms with van der Waals surface area (Å²) in [5.41, 5.74) is 5.01. The van der Waals surface area contributed by atoms with Gasteiger partial charge in [0.2, 0.25) is 0 Å².